The molecule has 5 heteroatoms. The first kappa shape index (κ1) is 20.0. The number of nitrogens with zero attached hydrogens (tertiary/aromatic N) is 1. The number of rotatable bonds is 7. The molecule has 0 aromatic carbocycles. The second-order valence-electron chi connectivity index (χ2n) is 8.57. The van der Waals surface area contributed by atoms with E-state index in [1.165, 1.54) is 36.3 Å². The number of nitrogens with one attached hydrogen (secondary N) is 1. The summed E-state index contributed by atoms with van der Waals surface area (Å²) in [5, 5.41) is 13.3. The zero-order valence-electron chi connectivity index (χ0n) is 16.8. The first-order valence-electron chi connectivity index (χ1n) is 10.6. The van der Waals surface area contributed by atoms with Crippen LogP contribution >= 0.6 is 11.3 Å². The predicted molar refractivity (Wildman–Crippen MR) is 114 cm³/mol. The molecule has 2 fully saturated rings. The van der Waals surface area contributed by atoms with Crippen LogP contribution in [0.15, 0.2) is 36.5 Å². The Morgan fingerprint density at radius 2 is 2.07 bits per heavy atom. The summed E-state index contributed by atoms with van der Waals surface area (Å²) in [7, 11) is 0. The fourth-order valence-corrected chi connectivity index (χ4v) is 5.97. The fraction of sp³-hybridized carbons (Fsp3) is 0.609. The summed E-state index contributed by atoms with van der Waals surface area (Å²) >= 11 is 1.69. The summed E-state index contributed by atoms with van der Waals surface area (Å²) in [6.07, 6.45) is 9.78. The summed E-state index contributed by atoms with van der Waals surface area (Å²) in [6.45, 7) is 4.49. The van der Waals surface area contributed by atoms with Crippen LogP contribution in [0.3, 0.4) is 0 Å². The quantitative estimate of drug-likeness (QED) is 0.659. The van der Waals surface area contributed by atoms with Gasteiger partial charge in [0.15, 0.2) is 0 Å². The zero-order valence-corrected chi connectivity index (χ0v) is 17.6. The number of thiophene rings is 1. The SMILES string of the molecule is CC(O)c1ccc(CNCC[C@@]2(c3ccccn3)CCOC3(CCCC3)C2)s1. The molecule has 1 aliphatic heterocycles. The number of ether oxygens (including phenoxy) is 1. The molecule has 0 amide bonds. The van der Waals surface area contributed by atoms with Crippen molar-refractivity contribution in [2.75, 3.05) is 13.2 Å². The van der Waals surface area contributed by atoms with Gasteiger partial charge in [-0.3, -0.25) is 4.98 Å². The van der Waals surface area contributed by atoms with Crippen molar-refractivity contribution in [2.45, 2.75) is 75.5 Å². The van der Waals surface area contributed by atoms with Crippen LogP contribution in [-0.4, -0.2) is 28.8 Å². The molecule has 0 bridgehead atoms. The van der Waals surface area contributed by atoms with Gasteiger partial charge in [0, 0.05) is 40.2 Å². The molecule has 152 valence electrons. The maximum Gasteiger partial charge on any atom is 0.0854 e. The van der Waals surface area contributed by atoms with Crippen LogP contribution in [0.5, 0.6) is 0 Å². The Hall–Kier alpha value is -1.27. The molecule has 1 saturated heterocycles. The van der Waals surface area contributed by atoms with Gasteiger partial charge in [0.05, 0.1) is 11.7 Å². The van der Waals surface area contributed by atoms with E-state index in [2.05, 4.69) is 23.5 Å². The molecule has 2 aromatic heterocycles. The number of aliphatic hydroxyl groups is 1. The van der Waals surface area contributed by atoms with Crippen molar-refractivity contribution in [1.29, 1.82) is 0 Å². The van der Waals surface area contributed by atoms with Crippen LogP contribution in [-0.2, 0) is 16.7 Å². The van der Waals surface area contributed by atoms with Crippen LogP contribution in [0.2, 0.25) is 0 Å². The van der Waals surface area contributed by atoms with Crippen LogP contribution in [0, 0.1) is 0 Å². The highest BCUT2D eigenvalue weighted by molar-refractivity contribution is 7.12. The standard InChI is InChI=1S/C23H32N2O2S/c1-18(26)20-8-7-19(28-20)16-24-14-11-22(21-6-2-5-13-25-21)12-15-27-23(17-22)9-3-4-10-23/h2,5-8,13,18,24,26H,3-4,9-12,14-17H2,1H3/t18?,22-/m1/s1. The zero-order chi connectivity index (χ0) is 19.5. The van der Waals surface area contributed by atoms with Gasteiger partial charge in [-0.05, 0) is 69.8 Å². The summed E-state index contributed by atoms with van der Waals surface area (Å²) < 4.78 is 6.33. The fourth-order valence-electron chi connectivity index (χ4n) is 5.05. The second-order valence-corrected chi connectivity index (χ2v) is 9.77. The van der Waals surface area contributed by atoms with E-state index in [0.29, 0.717) is 0 Å². The third-order valence-electron chi connectivity index (χ3n) is 6.55. The monoisotopic (exact) mass is 400 g/mol. The molecule has 2 atom stereocenters. The molecule has 1 spiro atoms. The summed E-state index contributed by atoms with van der Waals surface area (Å²) in [6, 6.07) is 10.5. The van der Waals surface area contributed by atoms with E-state index in [1.54, 1.807) is 11.3 Å². The van der Waals surface area contributed by atoms with Crippen molar-refractivity contribution in [3.63, 3.8) is 0 Å². The highest BCUT2D eigenvalue weighted by atomic mass is 32.1. The van der Waals surface area contributed by atoms with Crippen LogP contribution in [0.25, 0.3) is 0 Å². The van der Waals surface area contributed by atoms with Crippen molar-refractivity contribution in [1.82, 2.24) is 10.3 Å². The number of hydrogen-bond acceptors (Lipinski definition) is 5. The second kappa shape index (κ2) is 8.62. The van der Waals surface area contributed by atoms with Crippen molar-refractivity contribution < 1.29 is 9.84 Å². The first-order chi connectivity index (χ1) is 13.6. The third-order valence-corrected chi connectivity index (χ3v) is 7.80. The molecule has 28 heavy (non-hydrogen) atoms. The van der Waals surface area contributed by atoms with E-state index >= 15 is 0 Å². The molecule has 1 unspecified atom stereocenters. The van der Waals surface area contributed by atoms with E-state index in [1.807, 2.05) is 25.3 Å². The van der Waals surface area contributed by atoms with Crippen molar-refractivity contribution in [3.05, 3.63) is 52.0 Å². The van der Waals surface area contributed by atoms with Crippen molar-refractivity contribution in [3.8, 4) is 0 Å². The van der Waals surface area contributed by atoms with Gasteiger partial charge < -0.3 is 15.2 Å². The Labute approximate surface area is 172 Å². The van der Waals surface area contributed by atoms with Gasteiger partial charge in [0.25, 0.3) is 0 Å². The minimum absolute atomic E-state index is 0.0791. The third kappa shape index (κ3) is 4.33. The minimum atomic E-state index is -0.379. The molecule has 3 heterocycles. The predicted octanol–water partition coefficient (Wildman–Crippen LogP) is 4.74. The molecule has 2 N–H and O–H groups in total. The maximum atomic E-state index is 9.71. The van der Waals surface area contributed by atoms with Crippen molar-refractivity contribution in [2.24, 2.45) is 0 Å². The molecule has 1 saturated carbocycles. The summed E-state index contributed by atoms with van der Waals surface area (Å²) in [5.41, 5.74) is 1.42. The molecule has 1 aliphatic carbocycles. The molecule has 4 nitrogen and oxygen atoms in total. The van der Waals surface area contributed by atoms with Gasteiger partial charge >= 0.3 is 0 Å². The van der Waals surface area contributed by atoms with Gasteiger partial charge in [-0.25, -0.2) is 0 Å². The molecule has 2 aliphatic rings. The van der Waals surface area contributed by atoms with Crippen LogP contribution < -0.4 is 5.32 Å². The lowest BCUT2D eigenvalue weighted by molar-refractivity contribution is -0.104. The molecule has 4 rings (SSSR count). The van der Waals surface area contributed by atoms with Gasteiger partial charge in [-0.15, -0.1) is 11.3 Å². The Morgan fingerprint density at radius 3 is 2.79 bits per heavy atom. The Bertz CT molecular complexity index is 755. The first-order valence-corrected chi connectivity index (χ1v) is 11.5. The van der Waals surface area contributed by atoms with E-state index in [-0.39, 0.29) is 17.1 Å². The molecular formula is C23H32N2O2S. The Balaban J connectivity index is 1.42. The average molecular weight is 401 g/mol. The van der Waals surface area contributed by atoms with Crippen molar-refractivity contribution >= 4 is 11.3 Å². The highest BCUT2D eigenvalue weighted by Crippen LogP contribution is 2.49. The lowest BCUT2D eigenvalue weighted by Gasteiger charge is -2.46. The number of aromatic nitrogens is 1. The maximum absolute atomic E-state index is 9.71. The minimum Gasteiger partial charge on any atom is -0.388 e. The lowest BCUT2D eigenvalue weighted by Crippen LogP contribution is -2.47. The summed E-state index contributed by atoms with van der Waals surface area (Å²) in [5.74, 6) is 0. The van der Waals surface area contributed by atoms with Crippen LogP contribution in [0.4, 0.5) is 0 Å². The topological polar surface area (TPSA) is 54.4 Å². The van der Waals surface area contributed by atoms with Gasteiger partial charge in [0.2, 0.25) is 0 Å². The van der Waals surface area contributed by atoms with E-state index < -0.39 is 0 Å². The highest BCUT2D eigenvalue weighted by Gasteiger charge is 2.48. The van der Waals surface area contributed by atoms with Gasteiger partial charge in [0.1, 0.15) is 0 Å². The number of pyridine rings is 1. The molecule has 0 radical (unpaired) electrons. The Morgan fingerprint density at radius 1 is 1.21 bits per heavy atom. The van der Waals surface area contributed by atoms with Crippen LogP contribution in [0.1, 0.15) is 73.4 Å². The van der Waals surface area contributed by atoms with E-state index in [4.69, 9.17) is 9.72 Å². The average Bonchev–Trinajstić information content (AvgIpc) is 3.36. The lowest BCUT2D eigenvalue weighted by atomic mass is 9.68. The molecular weight excluding hydrogens is 368 g/mol. The number of hydrogen-bond donors (Lipinski definition) is 2. The van der Waals surface area contributed by atoms with Gasteiger partial charge in [-0.1, -0.05) is 18.9 Å². The smallest absolute Gasteiger partial charge is 0.0854 e. The van der Waals surface area contributed by atoms with Gasteiger partial charge in [-0.2, -0.15) is 0 Å². The van der Waals surface area contributed by atoms with E-state index in [9.17, 15) is 5.11 Å². The summed E-state index contributed by atoms with van der Waals surface area (Å²) in [4.78, 5) is 7.10. The Kier molecular flexibility index (Phi) is 6.16. The number of aliphatic hydroxyl groups excluding tert-OH is 1. The van der Waals surface area contributed by atoms with E-state index in [0.717, 1.165) is 43.8 Å². The molecule has 2 aromatic rings. The normalized spacial score (nSPS) is 25.2. The largest absolute Gasteiger partial charge is 0.388 e.